The number of nitriles is 1. The van der Waals surface area contributed by atoms with Crippen LogP contribution in [0.15, 0.2) is 48.0 Å². The minimum atomic E-state index is 0.557. The zero-order valence-electron chi connectivity index (χ0n) is 12.8. The molecule has 3 heterocycles. The number of hydrogen-bond acceptors (Lipinski definition) is 5. The Hall–Kier alpha value is -2.97. The molecule has 3 aromatic rings. The third-order valence-corrected chi connectivity index (χ3v) is 4.68. The zero-order valence-corrected chi connectivity index (χ0v) is 13.6. The molecule has 24 heavy (non-hydrogen) atoms. The summed E-state index contributed by atoms with van der Waals surface area (Å²) in [7, 11) is 0. The minimum Gasteiger partial charge on any atom is -0.493 e. The van der Waals surface area contributed by atoms with Gasteiger partial charge in [0.2, 0.25) is 0 Å². The molecule has 116 valence electrons. The molecular formula is C19H13N3OS. The number of thiazole rings is 1. The van der Waals surface area contributed by atoms with Gasteiger partial charge < -0.3 is 4.74 Å². The van der Waals surface area contributed by atoms with Gasteiger partial charge >= 0.3 is 0 Å². The predicted molar refractivity (Wildman–Crippen MR) is 94.5 cm³/mol. The van der Waals surface area contributed by atoms with Crippen molar-refractivity contribution in [3.8, 4) is 23.2 Å². The third-order valence-electron chi connectivity index (χ3n) is 3.81. The van der Waals surface area contributed by atoms with Crippen molar-refractivity contribution in [1.82, 2.24) is 9.97 Å². The van der Waals surface area contributed by atoms with Crippen LogP contribution < -0.4 is 4.74 Å². The van der Waals surface area contributed by atoms with Gasteiger partial charge in [-0.05, 0) is 41.5 Å². The quantitative estimate of drug-likeness (QED) is 0.675. The molecule has 0 fully saturated rings. The van der Waals surface area contributed by atoms with E-state index in [0.29, 0.717) is 10.6 Å². The molecule has 0 unspecified atom stereocenters. The van der Waals surface area contributed by atoms with Crippen molar-refractivity contribution in [2.24, 2.45) is 0 Å². The number of allylic oxidation sites excluding steroid dienone is 1. The molecule has 4 nitrogen and oxygen atoms in total. The normalized spacial score (nSPS) is 13.2. The van der Waals surface area contributed by atoms with Crippen LogP contribution in [0.2, 0.25) is 0 Å². The smallest absolute Gasteiger partial charge is 0.134 e. The van der Waals surface area contributed by atoms with Gasteiger partial charge in [-0.2, -0.15) is 5.26 Å². The van der Waals surface area contributed by atoms with E-state index >= 15 is 0 Å². The molecule has 4 rings (SSSR count). The first-order valence-electron chi connectivity index (χ1n) is 7.58. The van der Waals surface area contributed by atoms with Crippen molar-refractivity contribution in [2.45, 2.75) is 6.42 Å². The second kappa shape index (κ2) is 6.26. The molecule has 0 N–H and O–H groups in total. The van der Waals surface area contributed by atoms with E-state index in [1.54, 1.807) is 6.20 Å². The Labute approximate surface area is 143 Å². The van der Waals surface area contributed by atoms with Crippen molar-refractivity contribution in [3.63, 3.8) is 0 Å². The molecular weight excluding hydrogens is 318 g/mol. The van der Waals surface area contributed by atoms with Crippen LogP contribution in [0.4, 0.5) is 0 Å². The lowest BCUT2D eigenvalue weighted by molar-refractivity contribution is 0.357. The van der Waals surface area contributed by atoms with Crippen LogP contribution in [0.3, 0.4) is 0 Å². The summed E-state index contributed by atoms with van der Waals surface area (Å²) in [5.74, 6) is 0.942. The average molecular weight is 331 g/mol. The molecule has 0 amide bonds. The second-order valence-electron chi connectivity index (χ2n) is 5.39. The van der Waals surface area contributed by atoms with Crippen LogP contribution in [-0.2, 0) is 6.42 Å². The molecule has 0 saturated heterocycles. The minimum absolute atomic E-state index is 0.557. The number of ether oxygens (including phenoxy) is 1. The molecule has 0 saturated carbocycles. The van der Waals surface area contributed by atoms with Gasteiger partial charge in [-0.1, -0.05) is 12.1 Å². The first-order valence-corrected chi connectivity index (χ1v) is 8.46. The first kappa shape index (κ1) is 14.6. The molecule has 0 bridgehead atoms. The van der Waals surface area contributed by atoms with E-state index in [0.717, 1.165) is 35.7 Å². The average Bonchev–Trinajstić information content (AvgIpc) is 3.29. The fourth-order valence-corrected chi connectivity index (χ4v) is 3.41. The van der Waals surface area contributed by atoms with Gasteiger partial charge in [0.05, 0.1) is 17.9 Å². The summed E-state index contributed by atoms with van der Waals surface area (Å²) in [6.07, 6.45) is 4.53. The van der Waals surface area contributed by atoms with Crippen LogP contribution in [-0.4, -0.2) is 16.6 Å². The van der Waals surface area contributed by atoms with Crippen LogP contribution in [0.25, 0.3) is 23.0 Å². The monoisotopic (exact) mass is 331 g/mol. The summed E-state index contributed by atoms with van der Waals surface area (Å²) < 4.78 is 5.52. The number of hydrogen-bond donors (Lipinski definition) is 0. The summed E-state index contributed by atoms with van der Waals surface area (Å²) in [5.41, 5.74) is 4.34. The maximum Gasteiger partial charge on any atom is 0.134 e. The molecule has 1 aliphatic rings. The van der Waals surface area contributed by atoms with Crippen molar-refractivity contribution >= 4 is 23.0 Å². The van der Waals surface area contributed by atoms with Gasteiger partial charge in [0.1, 0.15) is 22.5 Å². The fraction of sp³-hybridized carbons (Fsp3) is 0.105. The number of nitrogens with zero attached hydrogens (tertiary/aromatic N) is 3. The van der Waals surface area contributed by atoms with Gasteiger partial charge in [0.15, 0.2) is 0 Å². The van der Waals surface area contributed by atoms with Gasteiger partial charge in [-0.25, -0.2) is 4.98 Å². The summed E-state index contributed by atoms with van der Waals surface area (Å²) in [5, 5.41) is 12.2. The van der Waals surface area contributed by atoms with Gasteiger partial charge in [-0.3, -0.25) is 4.98 Å². The lowest BCUT2D eigenvalue weighted by Crippen LogP contribution is -1.85. The Morgan fingerprint density at radius 3 is 3.04 bits per heavy atom. The second-order valence-corrected chi connectivity index (χ2v) is 6.25. The highest BCUT2D eigenvalue weighted by Gasteiger charge is 2.13. The van der Waals surface area contributed by atoms with Crippen molar-refractivity contribution in [1.29, 1.82) is 5.26 Å². The maximum absolute atomic E-state index is 9.52. The van der Waals surface area contributed by atoms with Crippen molar-refractivity contribution in [2.75, 3.05) is 6.61 Å². The summed E-state index contributed by atoms with van der Waals surface area (Å²) in [6, 6.07) is 14.0. The van der Waals surface area contributed by atoms with Crippen molar-refractivity contribution < 1.29 is 4.74 Å². The number of pyridine rings is 1. The standard InChI is InChI=1S/C19H13N3OS/c20-11-15(10-13-4-5-18-14(9-13)6-8-23-18)19-22-17(12-24-19)16-3-1-2-7-21-16/h1-5,7,9-10,12H,6,8H2/b15-10+. The highest BCUT2D eigenvalue weighted by molar-refractivity contribution is 7.11. The van der Waals surface area contributed by atoms with E-state index in [9.17, 15) is 5.26 Å². The molecule has 0 radical (unpaired) electrons. The van der Waals surface area contributed by atoms with Gasteiger partial charge in [0, 0.05) is 18.0 Å². The maximum atomic E-state index is 9.52. The Balaban J connectivity index is 1.67. The first-order chi connectivity index (χ1) is 11.8. The van der Waals surface area contributed by atoms with Crippen molar-refractivity contribution in [3.05, 3.63) is 64.1 Å². The number of fused-ring (bicyclic) bond motifs is 1. The topological polar surface area (TPSA) is 58.8 Å². The van der Waals surface area contributed by atoms with Gasteiger partial charge in [-0.15, -0.1) is 11.3 Å². The largest absolute Gasteiger partial charge is 0.493 e. The number of rotatable bonds is 3. The highest BCUT2D eigenvalue weighted by Crippen LogP contribution is 2.29. The van der Waals surface area contributed by atoms with Crippen LogP contribution in [0.5, 0.6) is 5.75 Å². The number of benzene rings is 1. The molecule has 5 heteroatoms. The third kappa shape index (κ3) is 2.80. The van der Waals surface area contributed by atoms with E-state index < -0.39 is 0 Å². The molecule has 0 aliphatic carbocycles. The van der Waals surface area contributed by atoms with Gasteiger partial charge in [0.25, 0.3) is 0 Å². The Morgan fingerprint density at radius 1 is 1.25 bits per heavy atom. The lowest BCUT2D eigenvalue weighted by Gasteiger charge is -2.00. The molecule has 0 atom stereocenters. The van der Waals surface area contributed by atoms with Crippen LogP contribution >= 0.6 is 11.3 Å². The molecule has 1 aromatic carbocycles. The SMILES string of the molecule is N#C/C(=C\c1ccc2c(c1)CCO2)c1nc(-c2ccccn2)cs1. The van der Waals surface area contributed by atoms with Crippen LogP contribution in [0.1, 0.15) is 16.1 Å². The molecule has 2 aromatic heterocycles. The Morgan fingerprint density at radius 2 is 2.21 bits per heavy atom. The lowest BCUT2D eigenvalue weighted by atomic mass is 10.1. The number of aromatic nitrogens is 2. The Bertz CT molecular complexity index is 954. The summed E-state index contributed by atoms with van der Waals surface area (Å²) in [6.45, 7) is 0.730. The van der Waals surface area contributed by atoms with E-state index in [1.165, 1.54) is 16.9 Å². The van der Waals surface area contributed by atoms with E-state index in [1.807, 2.05) is 41.8 Å². The van der Waals surface area contributed by atoms with E-state index in [-0.39, 0.29) is 0 Å². The molecule has 1 aliphatic heterocycles. The fourth-order valence-electron chi connectivity index (χ4n) is 2.63. The summed E-state index contributed by atoms with van der Waals surface area (Å²) in [4.78, 5) is 8.86. The zero-order chi connectivity index (χ0) is 16.4. The van der Waals surface area contributed by atoms with E-state index in [4.69, 9.17) is 4.74 Å². The molecule has 0 spiro atoms. The Kier molecular flexibility index (Phi) is 3.81. The highest BCUT2D eigenvalue weighted by atomic mass is 32.1. The summed E-state index contributed by atoms with van der Waals surface area (Å²) >= 11 is 1.46. The van der Waals surface area contributed by atoms with Crippen LogP contribution in [0, 0.1) is 11.3 Å². The predicted octanol–water partition coefficient (Wildman–Crippen LogP) is 4.20. The van der Waals surface area contributed by atoms with E-state index in [2.05, 4.69) is 22.1 Å².